The maximum atomic E-state index is 12.1. The van der Waals surface area contributed by atoms with Crippen LogP contribution in [0.1, 0.15) is 5.56 Å². The molecule has 0 aliphatic heterocycles. The fraction of sp³-hybridized carbons (Fsp3) is 0.0769. The van der Waals surface area contributed by atoms with Crippen LogP contribution < -0.4 is 0 Å². The van der Waals surface area contributed by atoms with Crippen LogP contribution in [0.2, 0.25) is 0 Å². The van der Waals surface area contributed by atoms with Crippen LogP contribution in [0.15, 0.2) is 42.5 Å². The van der Waals surface area contributed by atoms with Crippen LogP contribution >= 0.6 is 0 Å². The molecule has 0 atom stereocenters. The standard InChI is InChI=1S/C7H5F3O.C6H4F2O/c8-7(9,10)5-2-1-3-6(11)4-5;7-4-1-2-5(8)6(9)3-4/h1-4,11H;1-3,9H. The van der Waals surface area contributed by atoms with Crippen LogP contribution in [0.3, 0.4) is 0 Å². The molecule has 0 fully saturated rings. The average molecular weight is 292 g/mol. The molecule has 0 aliphatic carbocycles. The molecule has 2 aromatic carbocycles. The molecule has 0 radical (unpaired) electrons. The molecule has 108 valence electrons. The van der Waals surface area contributed by atoms with Crippen molar-refractivity contribution in [1.82, 2.24) is 0 Å². The molecule has 0 bridgehead atoms. The van der Waals surface area contributed by atoms with Crippen molar-refractivity contribution in [2.45, 2.75) is 6.18 Å². The summed E-state index contributed by atoms with van der Waals surface area (Å²) in [4.78, 5) is 0. The van der Waals surface area contributed by atoms with Crippen LogP contribution in [0, 0.1) is 11.6 Å². The Bertz CT molecular complexity index is 581. The van der Waals surface area contributed by atoms with Crippen molar-refractivity contribution in [2.75, 3.05) is 0 Å². The molecule has 20 heavy (non-hydrogen) atoms. The van der Waals surface area contributed by atoms with Crippen molar-refractivity contribution in [3.63, 3.8) is 0 Å². The van der Waals surface area contributed by atoms with Gasteiger partial charge in [0.1, 0.15) is 11.6 Å². The Balaban J connectivity index is 0.000000204. The minimum absolute atomic E-state index is 0.375. The highest BCUT2D eigenvalue weighted by Crippen LogP contribution is 2.30. The predicted octanol–water partition coefficient (Wildman–Crippen LogP) is 4.08. The molecule has 0 saturated heterocycles. The van der Waals surface area contributed by atoms with Crippen molar-refractivity contribution >= 4 is 0 Å². The monoisotopic (exact) mass is 292 g/mol. The first-order valence-electron chi connectivity index (χ1n) is 5.20. The molecular weight excluding hydrogens is 283 g/mol. The summed E-state index contributed by atoms with van der Waals surface area (Å²) in [5.41, 5.74) is -0.836. The number of halogens is 5. The highest BCUT2D eigenvalue weighted by molar-refractivity contribution is 5.28. The summed E-state index contributed by atoms with van der Waals surface area (Å²) in [5, 5.41) is 17.2. The third-order valence-electron chi connectivity index (χ3n) is 2.08. The van der Waals surface area contributed by atoms with Gasteiger partial charge in [0.2, 0.25) is 0 Å². The van der Waals surface area contributed by atoms with Crippen molar-refractivity contribution in [3.05, 3.63) is 59.7 Å². The fourth-order valence-electron chi connectivity index (χ4n) is 1.17. The quantitative estimate of drug-likeness (QED) is 0.718. The Morgan fingerprint density at radius 2 is 1.50 bits per heavy atom. The molecular formula is C13H9F5O2. The normalized spacial score (nSPS) is 10.7. The second-order valence-corrected chi connectivity index (χ2v) is 3.64. The van der Waals surface area contributed by atoms with Crippen LogP contribution in [0.4, 0.5) is 22.0 Å². The Labute approximate surface area is 110 Å². The van der Waals surface area contributed by atoms with E-state index in [0.717, 1.165) is 30.3 Å². The fourth-order valence-corrected chi connectivity index (χ4v) is 1.17. The third kappa shape index (κ3) is 4.75. The minimum atomic E-state index is -4.38. The summed E-state index contributed by atoms with van der Waals surface area (Å²) in [6.07, 6.45) is -4.38. The highest BCUT2D eigenvalue weighted by Gasteiger charge is 2.30. The molecule has 2 N–H and O–H groups in total. The molecule has 2 aromatic rings. The maximum Gasteiger partial charge on any atom is 0.416 e. The van der Waals surface area contributed by atoms with E-state index in [4.69, 9.17) is 10.2 Å². The minimum Gasteiger partial charge on any atom is -0.508 e. The predicted molar refractivity (Wildman–Crippen MR) is 61.1 cm³/mol. The lowest BCUT2D eigenvalue weighted by Gasteiger charge is -2.05. The highest BCUT2D eigenvalue weighted by atomic mass is 19.4. The number of phenols is 2. The zero-order valence-electron chi connectivity index (χ0n) is 9.83. The van der Waals surface area contributed by atoms with E-state index < -0.39 is 29.1 Å². The van der Waals surface area contributed by atoms with E-state index >= 15 is 0 Å². The van der Waals surface area contributed by atoms with Gasteiger partial charge in [0.25, 0.3) is 0 Å². The van der Waals surface area contributed by atoms with Gasteiger partial charge in [-0.1, -0.05) is 6.07 Å². The lowest BCUT2D eigenvalue weighted by molar-refractivity contribution is -0.137. The van der Waals surface area contributed by atoms with E-state index in [1.165, 1.54) is 6.07 Å². The van der Waals surface area contributed by atoms with Crippen LogP contribution in [-0.4, -0.2) is 10.2 Å². The zero-order valence-corrected chi connectivity index (χ0v) is 9.83. The van der Waals surface area contributed by atoms with E-state index in [0.29, 0.717) is 6.07 Å². The number of rotatable bonds is 0. The number of benzene rings is 2. The first kappa shape index (κ1) is 15.7. The van der Waals surface area contributed by atoms with Gasteiger partial charge in [-0.05, 0) is 30.3 Å². The van der Waals surface area contributed by atoms with E-state index in [9.17, 15) is 22.0 Å². The molecule has 0 unspecified atom stereocenters. The molecule has 0 aromatic heterocycles. The molecule has 2 nitrogen and oxygen atoms in total. The van der Waals surface area contributed by atoms with Gasteiger partial charge in [0.15, 0.2) is 11.6 Å². The summed E-state index contributed by atoms with van der Waals surface area (Å²) in [7, 11) is 0. The van der Waals surface area contributed by atoms with Gasteiger partial charge in [-0.25, -0.2) is 8.78 Å². The van der Waals surface area contributed by atoms with Crippen molar-refractivity contribution < 1.29 is 32.2 Å². The number of aromatic hydroxyl groups is 2. The van der Waals surface area contributed by atoms with Gasteiger partial charge < -0.3 is 10.2 Å². The van der Waals surface area contributed by atoms with Crippen LogP contribution in [0.25, 0.3) is 0 Å². The van der Waals surface area contributed by atoms with Gasteiger partial charge in [-0.3, -0.25) is 0 Å². The first-order chi connectivity index (χ1) is 9.20. The summed E-state index contributed by atoms with van der Waals surface area (Å²) < 4.78 is 59.7. The Kier molecular flexibility index (Phi) is 4.90. The van der Waals surface area contributed by atoms with Crippen molar-refractivity contribution in [2.24, 2.45) is 0 Å². The Morgan fingerprint density at radius 1 is 0.850 bits per heavy atom. The number of hydrogen-bond donors (Lipinski definition) is 2. The molecule has 2 rings (SSSR count). The Hall–Kier alpha value is -2.31. The molecule has 0 aliphatic rings. The summed E-state index contributed by atoms with van der Waals surface area (Å²) in [6.45, 7) is 0. The Morgan fingerprint density at radius 3 is 1.90 bits per heavy atom. The van der Waals surface area contributed by atoms with Gasteiger partial charge in [-0.2, -0.15) is 13.2 Å². The number of phenolic OH excluding ortho intramolecular Hbond substituents is 2. The van der Waals surface area contributed by atoms with Crippen molar-refractivity contribution in [3.8, 4) is 11.5 Å². The topological polar surface area (TPSA) is 40.5 Å². The van der Waals surface area contributed by atoms with E-state index in [1.54, 1.807) is 0 Å². The summed E-state index contributed by atoms with van der Waals surface area (Å²) >= 11 is 0. The van der Waals surface area contributed by atoms with Gasteiger partial charge in [0, 0.05) is 6.07 Å². The molecule has 0 saturated carbocycles. The van der Waals surface area contributed by atoms with Gasteiger partial charge >= 0.3 is 6.18 Å². The van der Waals surface area contributed by atoms with Crippen LogP contribution in [0.5, 0.6) is 11.5 Å². The number of alkyl halides is 3. The second kappa shape index (κ2) is 6.23. The maximum absolute atomic E-state index is 12.1. The van der Waals surface area contributed by atoms with Crippen molar-refractivity contribution in [1.29, 1.82) is 0 Å². The van der Waals surface area contributed by atoms with Gasteiger partial charge in [0.05, 0.1) is 5.56 Å². The lowest BCUT2D eigenvalue weighted by Crippen LogP contribution is -2.03. The number of hydrogen-bond acceptors (Lipinski definition) is 2. The first-order valence-corrected chi connectivity index (χ1v) is 5.20. The van der Waals surface area contributed by atoms with Gasteiger partial charge in [-0.15, -0.1) is 0 Å². The molecule has 7 heteroatoms. The van der Waals surface area contributed by atoms with E-state index in [2.05, 4.69) is 0 Å². The lowest BCUT2D eigenvalue weighted by atomic mass is 10.2. The molecule has 0 spiro atoms. The zero-order chi connectivity index (χ0) is 15.3. The SMILES string of the molecule is Oc1cc(F)ccc1F.Oc1cccc(C(F)(F)F)c1. The average Bonchev–Trinajstić information content (AvgIpc) is 2.34. The largest absolute Gasteiger partial charge is 0.508 e. The summed E-state index contributed by atoms with van der Waals surface area (Å²) in [5.74, 6) is -2.49. The van der Waals surface area contributed by atoms with Crippen LogP contribution in [-0.2, 0) is 6.18 Å². The van der Waals surface area contributed by atoms with E-state index in [1.807, 2.05) is 0 Å². The second-order valence-electron chi connectivity index (χ2n) is 3.64. The third-order valence-corrected chi connectivity index (χ3v) is 2.08. The smallest absolute Gasteiger partial charge is 0.416 e. The molecule has 0 amide bonds. The van der Waals surface area contributed by atoms with E-state index in [-0.39, 0.29) is 5.75 Å². The summed E-state index contributed by atoms with van der Waals surface area (Å²) in [6, 6.07) is 6.45. The molecule has 0 heterocycles.